The fraction of sp³-hybridized carbons (Fsp3) is 0.462. The van der Waals surface area contributed by atoms with E-state index in [-0.39, 0.29) is 23.3 Å². The largest absolute Gasteiger partial charge is 0.399 e. The van der Waals surface area contributed by atoms with Crippen LogP contribution >= 0.6 is 0 Å². The van der Waals surface area contributed by atoms with Gasteiger partial charge in [0, 0.05) is 18.2 Å². The molecule has 4 nitrogen and oxygen atoms in total. The number of rotatable bonds is 3. The molecule has 4 N–H and O–H groups in total. The molecule has 98 valence electrons. The second-order valence-corrected chi connectivity index (χ2v) is 4.71. The van der Waals surface area contributed by atoms with Crippen LogP contribution in [0.1, 0.15) is 29.6 Å². The SMILES string of the molecule is Nc1ccc(C(=O)NCC2CCCC2O)c(F)c1. The number of nitrogen functional groups attached to an aromatic ring is 1. The molecule has 1 saturated carbocycles. The summed E-state index contributed by atoms with van der Waals surface area (Å²) in [5.74, 6) is -1.02. The third-order valence-electron chi connectivity index (χ3n) is 3.38. The number of aliphatic hydroxyl groups is 1. The zero-order valence-corrected chi connectivity index (χ0v) is 10.0. The highest BCUT2D eigenvalue weighted by Gasteiger charge is 2.25. The molecular formula is C13H17FN2O2. The quantitative estimate of drug-likeness (QED) is 0.710. The summed E-state index contributed by atoms with van der Waals surface area (Å²) in [7, 11) is 0. The van der Waals surface area contributed by atoms with E-state index in [1.807, 2.05) is 0 Å². The van der Waals surface area contributed by atoms with Crippen LogP contribution < -0.4 is 11.1 Å². The molecule has 1 fully saturated rings. The molecule has 0 saturated heterocycles. The monoisotopic (exact) mass is 252 g/mol. The van der Waals surface area contributed by atoms with Gasteiger partial charge in [-0.15, -0.1) is 0 Å². The third-order valence-corrected chi connectivity index (χ3v) is 3.38. The number of aliphatic hydroxyl groups excluding tert-OH is 1. The van der Waals surface area contributed by atoms with Crippen LogP contribution in [0.15, 0.2) is 18.2 Å². The second kappa shape index (κ2) is 5.35. The van der Waals surface area contributed by atoms with Gasteiger partial charge in [-0.25, -0.2) is 4.39 Å². The molecule has 0 heterocycles. The predicted octanol–water partition coefficient (Wildman–Crippen LogP) is 1.30. The van der Waals surface area contributed by atoms with Gasteiger partial charge in [0.05, 0.1) is 11.7 Å². The highest BCUT2D eigenvalue weighted by Crippen LogP contribution is 2.24. The molecule has 1 aromatic carbocycles. The van der Waals surface area contributed by atoms with E-state index in [1.165, 1.54) is 12.1 Å². The molecule has 0 bridgehead atoms. The Labute approximate surface area is 105 Å². The van der Waals surface area contributed by atoms with E-state index in [0.29, 0.717) is 6.54 Å². The van der Waals surface area contributed by atoms with Crippen LogP contribution in [-0.4, -0.2) is 23.7 Å². The van der Waals surface area contributed by atoms with E-state index in [0.717, 1.165) is 25.3 Å². The molecule has 1 amide bonds. The maximum absolute atomic E-state index is 13.5. The number of halogens is 1. The van der Waals surface area contributed by atoms with E-state index < -0.39 is 11.7 Å². The molecular weight excluding hydrogens is 235 g/mol. The Bertz CT molecular complexity index is 451. The highest BCUT2D eigenvalue weighted by molar-refractivity contribution is 5.94. The minimum atomic E-state index is -0.625. The Morgan fingerprint density at radius 2 is 2.28 bits per heavy atom. The van der Waals surface area contributed by atoms with Crippen molar-refractivity contribution in [3.63, 3.8) is 0 Å². The molecule has 5 heteroatoms. The van der Waals surface area contributed by atoms with Crippen molar-refractivity contribution in [3.8, 4) is 0 Å². The summed E-state index contributed by atoms with van der Waals surface area (Å²) in [5.41, 5.74) is 5.68. The summed E-state index contributed by atoms with van der Waals surface area (Å²) < 4.78 is 13.5. The first-order chi connectivity index (χ1) is 8.58. The lowest BCUT2D eigenvalue weighted by Gasteiger charge is -2.15. The summed E-state index contributed by atoms with van der Waals surface area (Å²) in [5, 5.41) is 12.3. The molecule has 1 aliphatic rings. The fourth-order valence-electron chi connectivity index (χ4n) is 2.29. The van der Waals surface area contributed by atoms with Crippen LogP contribution in [0.5, 0.6) is 0 Å². The van der Waals surface area contributed by atoms with Crippen LogP contribution in [0.25, 0.3) is 0 Å². The Hall–Kier alpha value is -1.62. The first-order valence-corrected chi connectivity index (χ1v) is 6.09. The zero-order valence-electron chi connectivity index (χ0n) is 10.0. The molecule has 18 heavy (non-hydrogen) atoms. The molecule has 2 rings (SSSR count). The summed E-state index contributed by atoms with van der Waals surface area (Å²) in [4.78, 5) is 11.8. The first kappa shape index (κ1) is 12.8. The van der Waals surface area contributed by atoms with E-state index in [4.69, 9.17) is 5.73 Å². The number of hydrogen-bond acceptors (Lipinski definition) is 3. The van der Waals surface area contributed by atoms with E-state index >= 15 is 0 Å². The Kier molecular flexibility index (Phi) is 3.81. The summed E-state index contributed by atoms with van der Waals surface area (Å²) >= 11 is 0. The lowest BCUT2D eigenvalue weighted by Crippen LogP contribution is -2.32. The molecule has 2 unspecified atom stereocenters. The number of carbonyl (C=O) groups is 1. The second-order valence-electron chi connectivity index (χ2n) is 4.71. The van der Waals surface area contributed by atoms with Gasteiger partial charge in [-0.2, -0.15) is 0 Å². The fourth-order valence-corrected chi connectivity index (χ4v) is 2.29. The van der Waals surface area contributed by atoms with Crippen LogP contribution in [0.3, 0.4) is 0 Å². The van der Waals surface area contributed by atoms with Crippen LogP contribution in [0, 0.1) is 11.7 Å². The maximum Gasteiger partial charge on any atom is 0.254 e. The minimum Gasteiger partial charge on any atom is -0.399 e. The Balaban J connectivity index is 1.95. The van der Waals surface area contributed by atoms with Crippen LogP contribution in [0.2, 0.25) is 0 Å². The first-order valence-electron chi connectivity index (χ1n) is 6.09. The number of amides is 1. The highest BCUT2D eigenvalue weighted by atomic mass is 19.1. The summed E-state index contributed by atoms with van der Waals surface area (Å²) in [6.07, 6.45) is 2.28. The average molecular weight is 252 g/mol. The molecule has 0 radical (unpaired) electrons. The molecule has 1 aliphatic carbocycles. The van der Waals surface area contributed by atoms with E-state index in [1.54, 1.807) is 0 Å². The molecule has 0 spiro atoms. The van der Waals surface area contributed by atoms with E-state index in [2.05, 4.69) is 5.32 Å². The van der Waals surface area contributed by atoms with Crippen molar-refractivity contribution in [1.29, 1.82) is 0 Å². The van der Waals surface area contributed by atoms with E-state index in [9.17, 15) is 14.3 Å². The standard InChI is InChI=1S/C13H17FN2O2/c14-11-6-9(15)4-5-10(11)13(18)16-7-8-2-1-3-12(8)17/h4-6,8,12,17H,1-3,7,15H2,(H,16,18). The zero-order chi connectivity index (χ0) is 13.1. The van der Waals surface area contributed by atoms with Crippen molar-refractivity contribution in [1.82, 2.24) is 5.32 Å². The van der Waals surface area contributed by atoms with Gasteiger partial charge < -0.3 is 16.2 Å². The van der Waals surface area contributed by atoms with Gasteiger partial charge in [0.25, 0.3) is 5.91 Å². The lowest BCUT2D eigenvalue weighted by atomic mass is 10.1. The van der Waals surface area contributed by atoms with Gasteiger partial charge in [0.15, 0.2) is 0 Å². The normalized spacial score (nSPS) is 23.0. The molecule has 0 aromatic heterocycles. The minimum absolute atomic E-state index is 0.0170. The number of nitrogens with one attached hydrogen (secondary N) is 1. The van der Waals surface area contributed by atoms with Gasteiger partial charge in [-0.05, 0) is 31.0 Å². The number of nitrogens with two attached hydrogens (primary N) is 1. The summed E-state index contributed by atoms with van der Waals surface area (Å²) in [6, 6.07) is 3.98. The molecule has 1 aromatic rings. The van der Waals surface area contributed by atoms with Gasteiger partial charge in [0.1, 0.15) is 5.82 Å². The molecule has 0 aliphatic heterocycles. The van der Waals surface area contributed by atoms with Crippen LogP contribution in [0.4, 0.5) is 10.1 Å². The average Bonchev–Trinajstić information content (AvgIpc) is 2.72. The lowest BCUT2D eigenvalue weighted by molar-refractivity contribution is 0.0913. The van der Waals surface area contributed by atoms with Crippen molar-refractivity contribution in [2.75, 3.05) is 12.3 Å². The van der Waals surface area contributed by atoms with Crippen molar-refractivity contribution < 1.29 is 14.3 Å². The Morgan fingerprint density at radius 3 is 2.89 bits per heavy atom. The van der Waals surface area contributed by atoms with Crippen LogP contribution in [-0.2, 0) is 0 Å². The van der Waals surface area contributed by atoms with Crippen molar-refractivity contribution in [2.24, 2.45) is 5.92 Å². The smallest absolute Gasteiger partial charge is 0.254 e. The number of benzene rings is 1. The Morgan fingerprint density at radius 1 is 1.50 bits per heavy atom. The van der Waals surface area contributed by atoms with Gasteiger partial charge in [-0.3, -0.25) is 4.79 Å². The topological polar surface area (TPSA) is 75.4 Å². The summed E-state index contributed by atoms with van der Waals surface area (Å²) in [6.45, 7) is 0.379. The van der Waals surface area contributed by atoms with Crippen molar-refractivity contribution in [3.05, 3.63) is 29.6 Å². The number of carbonyl (C=O) groups excluding carboxylic acids is 1. The third kappa shape index (κ3) is 2.79. The number of anilines is 1. The molecule has 2 atom stereocenters. The van der Waals surface area contributed by atoms with Crippen molar-refractivity contribution >= 4 is 11.6 Å². The predicted molar refractivity (Wildman–Crippen MR) is 66.5 cm³/mol. The number of hydrogen-bond donors (Lipinski definition) is 3. The van der Waals surface area contributed by atoms with Crippen molar-refractivity contribution in [2.45, 2.75) is 25.4 Å². The van der Waals surface area contributed by atoms with Gasteiger partial charge >= 0.3 is 0 Å². The van der Waals surface area contributed by atoms with Gasteiger partial charge in [-0.1, -0.05) is 6.42 Å². The van der Waals surface area contributed by atoms with Gasteiger partial charge in [0.2, 0.25) is 0 Å². The maximum atomic E-state index is 13.5.